The van der Waals surface area contributed by atoms with E-state index in [0.29, 0.717) is 22.7 Å². The lowest BCUT2D eigenvalue weighted by Gasteiger charge is -2.27. The van der Waals surface area contributed by atoms with Gasteiger partial charge < -0.3 is 19.3 Å². The second-order valence-corrected chi connectivity index (χ2v) is 8.07. The normalized spacial score (nSPS) is 13.0. The number of carbonyl (C=O) groups excluding carboxylic acids is 1. The first-order chi connectivity index (χ1) is 18.2. The fourth-order valence-corrected chi connectivity index (χ4v) is 3.98. The predicted molar refractivity (Wildman–Crippen MR) is 150 cm³/mol. The number of amides is 1. The summed E-state index contributed by atoms with van der Waals surface area (Å²) in [5, 5.41) is 4.89. The van der Waals surface area contributed by atoms with Crippen LogP contribution in [0.25, 0.3) is 16.9 Å². The highest BCUT2D eigenvalue weighted by molar-refractivity contribution is 6.06. The summed E-state index contributed by atoms with van der Waals surface area (Å²) < 4.78 is 7.32. The first-order valence-corrected chi connectivity index (χ1v) is 13.2. The van der Waals surface area contributed by atoms with Crippen LogP contribution in [0.1, 0.15) is 57.3 Å². The molecule has 1 saturated heterocycles. The van der Waals surface area contributed by atoms with Gasteiger partial charge in [-0.1, -0.05) is 52.3 Å². The largest absolute Gasteiger partial charge is 0.497 e. The molecule has 0 radical (unpaired) electrons. The lowest BCUT2D eigenvalue weighted by atomic mass is 10.1. The van der Waals surface area contributed by atoms with Gasteiger partial charge in [0.15, 0.2) is 5.75 Å². The Hall–Kier alpha value is -3.84. The van der Waals surface area contributed by atoms with E-state index in [1.807, 2.05) is 92.0 Å². The van der Waals surface area contributed by atoms with E-state index >= 15 is 0 Å². The summed E-state index contributed by atoms with van der Waals surface area (Å²) in [5.74, 6) is 0.913. The van der Waals surface area contributed by atoms with Crippen LogP contribution in [0.4, 0.5) is 5.69 Å². The highest BCUT2D eigenvalue weighted by Gasteiger charge is 2.19. The van der Waals surface area contributed by atoms with Crippen molar-refractivity contribution in [3.8, 4) is 22.8 Å². The zero-order chi connectivity index (χ0) is 26.6. The number of ether oxygens (including phenoxy) is 1. The standard InChI is InChI=1S/C26H26N4O3.2C2H6/c1-32-21-12-13-22(24(17-21)33-30-15-4-2-5-16-30)26(31)27-20-10-8-19(9-11-20)23-18-29-14-6-3-7-25(29)28-23;2*1-2/h3,6-14,17-18H,2,4-5,15-16H2,1H3,(H,27,31);2*1-2H3. The molecular weight excluding hydrogens is 464 g/mol. The van der Waals surface area contributed by atoms with Crippen molar-refractivity contribution in [1.29, 1.82) is 0 Å². The van der Waals surface area contributed by atoms with Gasteiger partial charge in [-0.05, 0) is 49.2 Å². The molecule has 2 aromatic carbocycles. The number of hydrogen-bond donors (Lipinski definition) is 1. The molecule has 1 aliphatic heterocycles. The molecule has 2 aromatic heterocycles. The zero-order valence-corrected chi connectivity index (χ0v) is 22.5. The molecule has 0 saturated carbocycles. The van der Waals surface area contributed by atoms with Gasteiger partial charge in [0, 0.05) is 42.8 Å². The first kappa shape index (κ1) is 27.7. The van der Waals surface area contributed by atoms with Crippen molar-refractivity contribution in [3.63, 3.8) is 0 Å². The number of carbonyl (C=O) groups is 1. The van der Waals surface area contributed by atoms with Crippen molar-refractivity contribution in [3.05, 3.63) is 78.6 Å². The Bertz CT molecular complexity index is 1230. The maximum absolute atomic E-state index is 13.1. The molecule has 1 aliphatic rings. The molecule has 196 valence electrons. The van der Waals surface area contributed by atoms with Gasteiger partial charge >= 0.3 is 0 Å². The van der Waals surface area contributed by atoms with Crippen LogP contribution in [0.15, 0.2) is 73.1 Å². The van der Waals surface area contributed by atoms with Gasteiger partial charge in [-0.25, -0.2) is 4.98 Å². The average Bonchev–Trinajstić information content (AvgIpc) is 3.40. The Morgan fingerprint density at radius 3 is 2.32 bits per heavy atom. The Kier molecular flexibility index (Phi) is 10.5. The molecule has 7 nitrogen and oxygen atoms in total. The molecular formula is C30H38N4O3. The molecule has 37 heavy (non-hydrogen) atoms. The lowest BCUT2D eigenvalue weighted by molar-refractivity contribution is -0.0724. The van der Waals surface area contributed by atoms with E-state index in [0.717, 1.165) is 42.8 Å². The van der Waals surface area contributed by atoms with E-state index in [1.54, 1.807) is 25.3 Å². The monoisotopic (exact) mass is 502 g/mol. The van der Waals surface area contributed by atoms with Crippen molar-refractivity contribution in [1.82, 2.24) is 14.4 Å². The number of imidazole rings is 1. The highest BCUT2D eigenvalue weighted by Crippen LogP contribution is 2.28. The molecule has 0 bridgehead atoms. The number of nitrogens with one attached hydrogen (secondary N) is 1. The van der Waals surface area contributed by atoms with E-state index in [-0.39, 0.29) is 5.91 Å². The van der Waals surface area contributed by atoms with Crippen molar-refractivity contribution in [2.24, 2.45) is 0 Å². The maximum Gasteiger partial charge on any atom is 0.259 e. The van der Waals surface area contributed by atoms with Crippen LogP contribution in [-0.2, 0) is 0 Å². The van der Waals surface area contributed by atoms with Crippen molar-refractivity contribution in [2.45, 2.75) is 47.0 Å². The highest BCUT2D eigenvalue weighted by atomic mass is 16.7. The second kappa shape index (κ2) is 14.0. The lowest BCUT2D eigenvalue weighted by Crippen LogP contribution is -2.33. The Morgan fingerprint density at radius 1 is 0.919 bits per heavy atom. The van der Waals surface area contributed by atoms with Gasteiger partial charge in [0.2, 0.25) is 0 Å². The number of benzene rings is 2. The number of fused-ring (bicyclic) bond motifs is 1. The molecule has 1 fully saturated rings. The summed E-state index contributed by atoms with van der Waals surface area (Å²) in [4.78, 5) is 23.8. The molecule has 0 aliphatic carbocycles. The number of piperidine rings is 1. The summed E-state index contributed by atoms with van der Waals surface area (Å²) in [6.07, 6.45) is 7.34. The van der Waals surface area contributed by atoms with Gasteiger partial charge in [0.1, 0.15) is 11.4 Å². The fourth-order valence-electron chi connectivity index (χ4n) is 3.98. The Balaban J connectivity index is 0.000000907. The van der Waals surface area contributed by atoms with Gasteiger partial charge in [-0.2, -0.15) is 0 Å². The van der Waals surface area contributed by atoms with Crippen molar-refractivity contribution >= 4 is 17.2 Å². The summed E-state index contributed by atoms with van der Waals surface area (Å²) >= 11 is 0. The third-order valence-corrected chi connectivity index (χ3v) is 5.78. The number of methoxy groups -OCH3 is 1. The van der Waals surface area contributed by atoms with E-state index in [9.17, 15) is 4.79 Å². The number of hydrogen-bond acceptors (Lipinski definition) is 5. The molecule has 0 unspecified atom stereocenters. The van der Waals surface area contributed by atoms with E-state index in [1.165, 1.54) is 6.42 Å². The Labute approximate surface area is 220 Å². The van der Waals surface area contributed by atoms with Crippen LogP contribution in [0.3, 0.4) is 0 Å². The molecule has 0 spiro atoms. The van der Waals surface area contributed by atoms with E-state index in [4.69, 9.17) is 9.57 Å². The zero-order valence-electron chi connectivity index (χ0n) is 22.5. The SMILES string of the molecule is CC.CC.COc1ccc(C(=O)Nc2ccc(-c3cn4ccccc4n3)cc2)c(ON2CCCCC2)c1. The quantitative estimate of drug-likeness (QED) is 0.305. The average molecular weight is 503 g/mol. The van der Waals surface area contributed by atoms with Gasteiger partial charge in [0.05, 0.1) is 18.4 Å². The molecule has 1 N–H and O–H groups in total. The van der Waals surface area contributed by atoms with Crippen LogP contribution in [0.2, 0.25) is 0 Å². The van der Waals surface area contributed by atoms with Crippen LogP contribution < -0.4 is 14.9 Å². The van der Waals surface area contributed by atoms with Gasteiger partial charge in [0.25, 0.3) is 5.91 Å². The number of rotatable bonds is 6. The van der Waals surface area contributed by atoms with Crippen LogP contribution in [0.5, 0.6) is 11.5 Å². The van der Waals surface area contributed by atoms with E-state index in [2.05, 4.69) is 10.3 Å². The minimum absolute atomic E-state index is 0.231. The summed E-state index contributed by atoms with van der Waals surface area (Å²) in [6.45, 7) is 9.70. The predicted octanol–water partition coefficient (Wildman–Crippen LogP) is 7.09. The van der Waals surface area contributed by atoms with Gasteiger partial charge in [-0.3, -0.25) is 4.79 Å². The second-order valence-electron chi connectivity index (χ2n) is 8.07. The number of hydroxylamine groups is 2. The summed E-state index contributed by atoms with van der Waals surface area (Å²) in [5.41, 5.74) is 3.92. The minimum atomic E-state index is -0.231. The number of pyridine rings is 1. The molecule has 4 aromatic rings. The maximum atomic E-state index is 13.1. The third kappa shape index (κ3) is 7.11. The molecule has 5 rings (SSSR count). The van der Waals surface area contributed by atoms with Crippen LogP contribution in [-0.4, -0.2) is 40.6 Å². The van der Waals surface area contributed by atoms with Crippen LogP contribution >= 0.6 is 0 Å². The topological polar surface area (TPSA) is 68.1 Å². The number of nitrogens with zero attached hydrogens (tertiary/aromatic N) is 3. The van der Waals surface area contributed by atoms with Crippen molar-refractivity contribution < 1.29 is 14.4 Å². The smallest absolute Gasteiger partial charge is 0.259 e. The molecule has 1 amide bonds. The fraction of sp³-hybridized carbons (Fsp3) is 0.333. The Morgan fingerprint density at radius 2 is 1.65 bits per heavy atom. The van der Waals surface area contributed by atoms with Crippen LogP contribution in [0, 0.1) is 0 Å². The summed E-state index contributed by atoms with van der Waals surface area (Å²) in [6, 6.07) is 18.8. The molecule has 3 heterocycles. The first-order valence-electron chi connectivity index (χ1n) is 13.2. The number of anilines is 1. The molecule has 0 atom stereocenters. The molecule has 7 heteroatoms. The van der Waals surface area contributed by atoms with E-state index < -0.39 is 0 Å². The summed E-state index contributed by atoms with van der Waals surface area (Å²) in [7, 11) is 1.60. The third-order valence-electron chi connectivity index (χ3n) is 5.78. The van der Waals surface area contributed by atoms with Crippen molar-refractivity contribution in [2.75, 3.05) is 25.5 Å². The number of aromatic nitrogens is 2. The minimum Gasteiger partial charge on any atom is -0.497 e. The van der Waals surface area contributed by atoms with Gasteiger partial charge in [-0.15, -0.1) is 5.06 Å².